The predicted octanol–water partition coefficient (Wildman–Crippen LogP) is 2.12. The van der Waals surface area contributed by atoms with Gasteiger partial charge in [-0.15, -0.1) is 6.58 Å². The first-order valence-electron chi connectivity index (χ1n) is 6.07. The number of hydrogen-bond acceptors (Lipinski definition) is 4. The fourth-order valence-electron chi connectivity index (χ4n) is 2.62. The van der Waals surface area contributed by atoms with E-state index in [9.17, 15) is 9.59 Å². The minimum atomic E-state index is -0.951. The Morgan fingerprint density at radius 3 is 2.61 bits per heavy atom. The van der Waals surface area contributed by atoms with Crippen molar-refractivity contribution in [3.05, 3.63) is 12.7 Å². The predicted molar refractivity (Wildman–Crippen MR) is 67.1 cm³/mol. The molecule has 0 bridgehead atoms. The first-order chi connectivity index (χ1) is 8.51. The van der Waals surface area contributed by atoms with Gasteiger partial charge in [0.2, 0.25) is 0 Å². The SMILES string of the molecule is C=CC[C@H]1CCC[C@@](C)(C(=O)OC)N1C(=O)OC. The smallest absolute Gasteiger partial charge is 0.410 e. The van der Waals surface area contributed by atoms with Crippen molar-refractivity contribution in [2.75, 3.05) is 14.2 Å². The van der Waals surface area contributed by atoms with E-state index in [1.54, 1.807) is 13.0 Å². The Bertz CT molecular complexity index is 342. The lowest BCUT2D eigenvalue weighted by Crippen LogP contribution is -2.61. The molecule has 1 aliphatic rings. The first-order valence-corrected chi connectivity index (χ1v) is 6.07. The van der Waals surface area contributed by atoms with Crippen LogP contribution in [0.2, 0.25) is 0 Å². The molecule has 1 heterocycles. The Morgan fingerprint density at radius 1 is 1.44 bits per heavy atom. The Hall–Kier alpha value is -1.52. The molecule has 0 aromatic carbocycles. The zero-order chi connectivity index (χ0) is 13.8. The van der Waals surface area contributed by atoms with Crippen LogP contribution in [0.1, 0.15) is 32.6 Å². The van der Waals surface area contributed by atoms with Gasteiger partial charge >= 0.3 is 12.1 Å². The summed E-state index contributed by atoms with van der Waals surface area (Å²) in [6, 6.07) is -0.0622. The van der Waals surface area contributed by atoms with Crippen LogP contribution < -0.4 is 0 Å². The second-order valence-corrected chi connectivity index (χ2v) is 4.68. The van der Waals surface area contributed by atoms with E-state index in [0.29, 0.717) is 12.8 Å². The fraction of sp³-hybridized carbons (Fsp3) is 0.692. The van der Waals surface area contributed by atoms with Gasteiger partial charge in [-0.25, -0.2) is 9.59 Å². The molecule has 0 spiro atoms. The number of likely N-dealkylation sites (tertiary alicyclic amines) is 1. The zero-order valence-corrected chi connectivity index (χ0v) is 11.3. The molecule has 102 valence electrons. The number of rotatable bonds is 3. The Kier molecular flexibility index (Phi) is 4.76. The van der Waals surface area contributed by atoms with Crippen LogP contribution in [0.15, 0.2) is 12.7 Å². The standard InChI is InChI=1S/C13H21NO4/c1-5-7-10-8-6-9-13(2,11(15)17-3)14(10)12(16)18-4/h5,10H,1,6-9H2,2-4H3/t10-,13-/m0/s1. The molecule has 0 saturated carbocycles. The Balaban J connectivity index is 3.09. The third-order valence-corrected chi connectivity index (χ3v) is 3.53. The summed E-state index contributed by atoms with van der Waals surface area (Å²) in [6.45, 7) is 5.42. The summed E-state index contributed by atoms with van der Waals surface area (Å²) in [6.07, 6.45) is 4.20. The molecule has 1 aliphatic heterocycles. The highest BCUT2D eigenvalue weighted by Gasteiger charge is 2.49. The molecule has 1 saturated heterocycles. The molecule has 18 heavy (non-hydrogen) atoms. The van der Waals surface area contributed by atoms with Gasteiger partial charge < -0.3 is 9.47 Å². The summed E-state index contributed by atoms with van der Waals surface area (Å²) < 4.78 is 9.63. The van der Waals surface area contributed by atoms with Crippen LogP contribution >= 0.6 is 0 Å². The number of methoxy groups -OCH3 is 2. The highest BCUT2D eigenvalue weighted by molar-refractivity contribution is 5.85. The van der Waals surface area contributed by atoms with Crippen molar-refractivity contribution >= 4 is 12.1 Å². The average molecular weight is 255 g/mol. The monoisotopic (exact) mass is 255 g/mol. The molecule has 1 rings (SSSR count). The molecular weight excluding hydrogens is 234 g/mol. The van der Waals surface area contributed by atoms with Crippen molar-refractivity contribution in [1.82, 2.24) is 4.90 Å². The minimum absolute atomic E-state index is 0.0622. The molecular formula is C13H21NO4. The van der Waals surface area contributed by atoms with Crippen molar-refractivity contribution in [1.29, 1.82) is 0 Å². The molecule has 0 aromatic heterocycles. The summed E-state index contributed by atoms with van der Waals surface area (Å²) in [7, 11) is 2.65. The highest BCUT2D eigenvalue weighted by atomic mass is 16.5. The molecule has 2 atom stereocenters. The van der Waals surface area contributed by atoms with E-state index in [-0.39, 0.29) is 6.04 Å². The lowest BCUT2D eigenvalue weighted by molar-refractivity contribution is -0.157. The van der Waals surface area contributed by atoms with Gasteiger partial charge in [0.1, 0.15) is 5.54 Å². The van der Waals surface area contributed by atoms with Gasteiger partial charge in [-0.2, -0.15) is 0 Å². The molecule has 0 aromatic rings. The topological polar surface area (TPSA) is 55.8 Å². The number of ether oxygens (including phenoxy) is 2. The normalized spacial score (nSPS) is 27.5. The van der Waals surface area contributed by atoms with Crippen molar-refractivity contribution in [3.8, 4) is 0 Å². The molecule has 0 radical (unpaired) electrons. The van der Waals surface area contributed by atoms with E-state index in [0.717, 1.165) is 12.8 Å². The maximum atomic E-state index is 12.0. The maximum Gasteiger partial charge on any atom is 0.410 e. The van der Waals surface area contributed by atoms with Crippen LogP contribution in [-0.2, 0) is 14.3 Å². The lowest BCUT2D eigenvalue weighted by Gasteiger charge is -2.46. The van der Waals surface area contributed by atoms with E-state index in [1.807, 2.05) is 0 Å². The lowest BCUT2D eigenvalue weighted by atomic mass is 9.84. The van der Waals surface area contributed by atoms with Gasteiger partial charge in [0.25, 0.3) is 0 Å². The molecule has 5 nitrogen and oxygen atoms in total. The zero-order valence-electron chi connectivity index (χ0n) is 11.3. The van der Waals surface area contributed by atoms with Crippen LogP contribution in [0, 0.1) is 0 Å². The van der Waals surface area contributed by atoms with Gasteiger partial charge in [0.05, 0.1) is 14.2 Å². The van der Waals surface area contributed by atoms with E-state index >= 15 is 0 Å². The van der Waals surface area contributed by atoms with Crippen molar-refractivity contribution in [2.45, 2.75) is 44.2 Å². The van der Waals surface area contributed by atoms with Crippen molar-refractivity contribution in [3.63, 3.8) is 0 Å². The van der Waals surface area contributed by atoms with E-state index in [2.05, 4.69) is 6.58 Å². The third kappa shape index (κ3) is 2.49. The van der Waals surface area contributed by atoms with Crippen LogP contribution in [-0.4, -0.2) is 42.8 Å². The number of amides is 1. The number of esters is 1. The summed E-state index contributed by atoms with van der Waals surface area (Å²) in [5.41, 5.74) is -0.951. The second kappa shape index (κ2) is 5.89. The Morgan fingerprint density at radius 2 is 2.11 bits per heavy atom. The quantitative estimate of drug-likeness (QED) is 0.572. The van der Waals surface area contributed by atoms with Gasteiger partial charge in [0.15, 0.2) is 0 Å². The third-order valence-electron chi connectivity index (χ3n) is 3.53. The fourth-order valence-corrected chi connectivity index (χ4v) is 2.62. The largest absolute Gasteiger partial charge is 0.467 e. The second-order valence-electron chi connectivity index (χ2n) is 4.68. The van der Waals surface area contributed by atoms with Gasteiger partial charge in [-0.1, -0.05) is 6.08 Å². The van der Waals surface area contributed by atoms with Crippen LogP contribution in [0.4, 0.5) is 4.79 Å². The summed E-state index contributed by atoms with van der Waals surface area (Å²) >= 11 is 0. The van der Waals surface area contributed by atoms with Gasteiger partial charge in [0, 0.05) is 6.04 Å². The number of hydrogen-bond donors (Lipinski definition) is 0. The van der Waals surface area contributed by atoms with Gasteiger partial charge in [-0.3, -0.25) is 4.90 Å². The Labute approximate surface area is 108 Å². The molecule has 5 heteroatoms. The molecule has 0 unspecified atom stereocenters. The molecule has 1 fully saturated rings. The molecule has 0 N–H and O–H groups in total. The number of carbonyl (C=O) groups excluding carboxylic acids is 2. The average Bonchev–Trinajstić information content (AvgIpc) is 2.37. The minimum Gasteiger partial charge on any atom is -0.467 e. The number of piperidine rings is 1. The maximum absolute atomic E-state index is 12.0. The van der Waals surface area contributed by atoms with Gasteiger partial charge in [-0.05, 0) is 32.6 Å². The molecule has 0 aliphatic carbocycles. The van der Waals surface area contributed by atoms with E-state index in [1.165, 1.54) is 19.1 Å². The summed E-state index contributed by atoms with van der Waals surface area (Å²) in [4.78, 5) is 25.4. The van der Waals surface area contributed by atoms with Crippen molar-refractivity contribution < 1.29 is 19.1 Å². The number of nitrogens with zero attached hydrogens (tertiary/aromatic N) is 1. The first kappa shape index (κ1) is 14.5. The van der Waals surface area contributed by atoms with Crippen molar-refractivity contribution in [2.24, 2.45) is 0 Å². The highest BCUT2D eigenvalue weighted by Crippen LogP contribution is 2.35. The molecule has 1 amide bonds. The summed E-state index contributed by atoms with van der Waals surface area (Å²) in [5.74, 6) is -0.401. The summed E-state index contributed by atoms with van der Waals surface area (Å²) in [5, 5.41) is 0. The van der Waals surface area contributed by atoms with Crippen LogP contribution in [0.5, 0.6) is 0 Å². The van der Waals surface area contributed by atoms with Crippen LogP contribution in [0.3, 0.4) is 0 Å². The van der Waals surface area contributed by atoms with E-state index < -0.39 is 17.6 Å². The van der Waals surface area contributed by atoms with Crippen LogP contribution in [0.25, 0.3) is 0 Å². The number of carbonyl (C=O) groups is 2. The van der Waals surface area contributed by atoms with E-state index in [4.69, 9.17) is 9.47 Å².